The zero-order chi connectivity index (χ0) is 12.7. The smallest absolute Gasteiger partial charge is 0.129 e. The number of aromatic nitrogens is 2. The van der Waals surface area contributed by atoms with Crippen LogP contribution in [0.5, 0.6) is 5.75 Å². The van der Waals surface area contributed by atoms with Crippen LogP contribution in [0, 0.1) is 0 Å². The zero-order valence-corrected chi connectivity index (χ0v) is 10.8. The van der Waals surface area contributed by atoms with Gasteiger partial charge in [0.2, 0.25) is 0 Å². The summed E-state index contributed by atoms with van der Waals surface area (Å²) in [5.41, 5.74) is 8.21. The Morgan fingerprint density at radius 3 is 3.06 bits per heavy atom. The van der Waals surface area contributed by atoms with Gasteiger partial charge in [0, 0.05) is 41.9 Å². The zero-order valence-electron chi connectivity index (χ0n) is 10.0. The van der Waals surface area contributed by atoms with Gasteiger partial charge in [0.15, 0.2) is 0 Å². The molecule has 2 atom stereocenters. The lowest BCUT2D eigenvalue weighted by Crippen LogP contribution is -2.23. The van der Waals surface area contributed by atoms with Crippen LogP contribution in [-0.4, -0.2) is 9.78 Å². The maximum Gasteiger partial charge on any atom is 0.129 e. The van der Waals surface area contributed by atoms with Gasteiger partial charge < -0.3 is 10.5 Å². The van der Waals surface area contributed by atoms with Gasteiger partial charge in [0.05, 0.1) is 6.20 Å². The Hall–Kier alpha value is -1.52. The molecule has 3 rings (SSSR count). The molecular formula is C13H14ClN3O. The van der Waals surface area contributed by atoms with E-state index in [0.29, 0.717) is 5.02 Å². The van der Waals surface area contributed by atoms with Gasteiger partial charge in [0.25, 0.3) is 0 Å². The highest BCUT2D eigenvalue weighted by Crippen LogP contribution is 2.40. The van der Waals surface area contributed by atoms with E-state index >= 15 is 0 Å². The van der Waals surface area contributed by atoms with E-state index in [1.807, 2.05) is 37.6 Å². The molecule has 0 amide bonds. The summed E-state index contributed by atoms with van der Waals surface area (Å²) in [4.78, 5) is 0. The average Bonchev–Trinajstić information content (AvgIpc) is 2.77. The quantitative estimate of drug-likeness (QED) is 0.860. The minimum Gasteiger partial charge on any atom is -0.485 e. The van der Waals surface area contributed by atoms with Crippen molar-refractivity contribution in [3.05, 3.63) is 46.7 Å². The second kappa shape index (κ2) is 4.30. The fourth-order valence-corrected chi connectivity index (χ4v) is 2.47. The first kappa shape index (κ1) is 11.6. The Morgan fingerprint density at radius 2 is 2.33 bits per heavy atom. The van der Waals surface area contributed by atoms with Gasteiger partial charge in [-0.3, -0.25) is 4.68 Å². The van der Waals surface area contributed by atoms with Crippen LogP contribution < -0.4 is 10.5 Å². The molecule has 1 aromatic heterocycles. The van der Waals surface area contributed by atoms with Crippen LogP contribution in [0.3, 0.4) is 0 Å². The third-order valence-electron chi connectivity index (χ3n) is 3.21. The Morgan fingerprint density at radius 1 is 1.50 bits per heavy atom. The number of hydrogen-bond donors (Lipinski definition) is 1. The first-order valence-corrected chi connectivity index (χ1v) is 6.21. The van der Waals surface area contributed by atoms with Gasteiger partial charge in [-0.2, -0.15) is 5.10 Å². The number of aryl methyl sites for hydroxylation is 1. The van der Waals surface area contributed by atoms with Crippen LogP contribution in [0.25, 0.3) is 0 Å². The van der Waals surface area contributed by atoms with Gasteiger partial charge >= 0.3 is 0 Å². The fourth-order valence-electron chi connectivity index (χ4n) is 2.29. The predicted molar refractivity (Wildman–Crippen MR) is 69.6 cm³/mol. The van der Waals surface area contributed by atoms with E-state index in [0.717, 1.165) is 23.3 Å². The van der Waals surface area contributed by atoms with Gasteiger partial charge in [-0.1, -0.05) is 11.6 Å². The second-order valence-corrected chi connectivity index (χ2v) is 5.01. The van der Waals surface area contributed by atoms with Crippen LogP contribution in [0.15, 0.2) is 30.6 Å². The van der Waals surface area contributed by atoms with E-state index in [1.54, 1.807) is 4.68 Å². The second-order valence-electron chi connectivity index (χ2n) is 4.58. The van der Waals surface area contributed by atoms with Gasteiger partial charge in [-0.25, -0.2) is 0 Å². The Bertz CT molecular complexity index is 581. The molecule has 0 radical (unpaired) electrons. The highest BCUT2D eigenvalue weighted by Gasteiger charge is 2.27. The number of nitrogens with two attached hydrogens (primary N) is 1. The lowest BCUT2D eigenvalue weighted by molar-refractivity contribution is 0.161. The number of ether oxygens (including phenoxy) is 1. The maximum absolute atomic E-state index is 6.18. The normalized spacial score (nSPS) is 22.4. The maximum atomic E-state index is 6.18. The number of halogens is 1. The third-order valence-corrected chi connectivity index (χ3v) is 3.44. The van der Waals surface area contributed by atoms with Gasteiger partial charge in [-0.05, 0) is 18.2 Å². The summed E-state index contributed by atoms with van der Waals surface area (Å²) >= 11 is 5.97. The molecule has 1 aliphatic heterocycles. The topological polar surface area (TPSA) is 53.1 Å². The van der Waals surface area contributed by atoms with Gasteiger partial charge in [0.1, 0.15) is 11.9 Å². The molecule has 5 heteroatoms. The summed E-state index contributed by atoms with van der Waals surface area (Å²) in [6, 6.07) is 5.51. The Kier molecular flexibility index (Phi) is 2.76. The number of benzene rings is 1. The van der Waals surface area contributed by atoms with E-state index in [4.69, 9.17) is 22.1 Å². The lowest BCUT2D eigenvalue weighted by Gasteiger charge is -2.29. The summed E-state index contributed by atoms with van der Waals surface area (Å²) in [6.45, 7) is 0. The lowest BCUT2D eigenvalue weighted by atomic mass is 9.95. The number of rotatable bonds is 1. The van der Waals surface area contributed by atoms with Crippen molar-refractivity contribution in [1.82, 2.24) is 9.78 Å². The molecule has 0 spiro atoms. The van der Waals surface area contributed by atoms with Crippen molar-refractivity contribution in [3.63, 3.8) is 0 Å². The molecule has 1 aromatic carbocycles. The molecule has 18 heavy (non-hydrogen) atoms. The molecular weight excluding hydrogens is 250 g/mol. The van der Waals surface area contributed by atoms with Crippen molar-refractivity contribution in [2.24, 2.45) is 12.8 Å². The number of fused-ring (bicyclic) bond motifs is 1. The molecule has 94 valence electrons. The molecule has 0 saturated heterocycles. The van der Waals surface area contributed by atoms with Crippen LogP contribution in [0.1, 0.15) is 29.7 Å². The summed E-state index contributed by atoms with van der Waals surface area (Å²) in [5.74, 6) is 0.812. The highest BCUT2D eigenvalue weighted by atomic mass is 35.5. The standard InChI is InChI=1S/C13H14ClN3O/c1-17-7-8(6-16-17)13-5-11(15)10-4-9(14)2-3-12(10)18-13/h2-4,6-7,11,13H,5,15H2,1H3. The molecule has 4 nitrogen and oxygen atoms in total. The van der Waals surface area contributed by atoms with Crippen molar-refractivity contribution >= 4 is 11.6 Å². The Balaban J connectivity index is 1.94. The molecule has 0 saturated carbocycles. The van der Waals surface area contributed by atoms with Crippen LogP contribution >= 0.6 is 11.6 Å². The summed E-state index contributed by atoms with van der Waals surface area (Å²) < 4.78 is 7.73. The summed E-state index contributed by atoms with van der Waals surface area (Å²) in [5, 5.41) is 4.85. The minimum absolute atomic E-state index is 0.0395. The van der Waals surface area contributed by atoms with Crippen LogP contribution in [-0.2, 0) is 7.05 Å². The van der Waals surface area contributed by atoms with E-state index in [1.165, 1.54) is 0 Å². The molecule has 2 aromatic rings. The van der Waals surface area contributed by atoms with E-state index in [9.17, 15) is 0 Å². The fraction of sp³-hybridized carbons (Fsp3) is 0.308. The number of hydrogen-bond acceptors (Lipinski definition) is 3. The largest absolute Gasteiger partial charge is 0.485 e. The number of nitrogens with zero attached hydrogens (tertiary/aromatic N) is 2. The van der Waals surface area contributed by atoms with E-state index in [-0.39, 0.29) is 12.1 Å². The SMILES string of the molecule is Cn1cc(C2CC(N)c3cc(Cl)ccc3O2)cn1. The van der Waals surface area contributed by atoms with Crippen molar-refractivity contribution in [1.29, 1.82) is 0 Å². The molecule has 2 heterocycles. The third kappa shape index (κ3) is 1.98. The van der Waals surface area contributed by atoms with Crippen molar-refractivity contribution in [2.75, 3.05) is 0 Å². The van der Waals surface area contributed by atoms with E-state index in [2.05, 4.69) is 5.10 Å². The first-order chi connectivity index (χ1) is 8.63. The minimum atomic E-state index is -0.0577. The first-order valence-electron chi connectivity index (χ1n) is 5.83. The van der Waals surface area contributed by atoms with Crippen LogP contribution in [0.2, 0.25) is 5.02 Å². The van der Waals surface area contributed by atoms with Crippen molar-refractivity contribution < 1.29 is 4.74 Å². The molecule has 2 N–H and O–H groups in total. The molecule has 1 aliphatic rings. The van der Waals surface area contributed by atoms with Crippen molar-refractivity contribution in [3.8, 4) is 5.75 Å². The molecule has 2 unspecified atom stereocenters. The highest BCUT2D eigenvalue weighted by molar-refractivity contribution is 6.30. The molecule has 0 fully saturated rings. The van der Waals surface area contributed by atoms with Crippen molar-refractivity contribution in [2.45, 2.75) is 18.6 Å². The Labute approximate surface area is 110 Å². The van der Waals surface area contributed by atoms with E-state index < -0.39 is 0 Å². The van der Waals surface area contributed by atoms with Crippen LogP contribution in [0.4, 0.5) is 0 Å². The summed E-state index contributed by atoms with van der Waals surface area (Å²) in [7, 11) is 1.89. The van der Waals surface area contributed by atoms with Gasteiger partial charge in [-0.15, -0.1) is 0 Å². The average molecular weight is 264 g/mol. The molecule has 0 aliphatic carbocycles. The molecule has 0 bridgehead atoms. The monoisotopic (exact) mass is 263 g/mol. The summed E-state index contributed by atoms with van der Waals surface area (Å²) in [6.07, 6.45) is 4.47. The predicted octanol–water partition coefficient (Wildman–Crippen LogP) is 2.60.